The van der Waals surface area contributed by atoms with Crippen LogP contribution in [0.15, 0.2) is 11.8 Å². The van der Waals surface area contributed by atoms with Crippen LogP contribution in [0.4, 0.5) is 0 Å². The lowest BCUT2D eigenvalue weighted by Gasteiger charge is -2.29. The number of nitrogens with one attached hydrogen (secondary N) is 10. The van der Waals surface area contributed by atoms with Crippen molar-refractivity contribution in [1.29, 1.82) is 0 Å². The highest BCUT2D eigenvalue weighted by atomic mass is 35.5. The van der Waals surface area contributed by atoms with Crippen molar-refractivity contribution in [3.8, 4) is 0 Å². The number of aliphatic hydroxyl groups is 4. The summed E-state index contributed by atoms with van der Waals surface area (Å²) in [6, 6.07) is -15.5. The molecule has 496 valence electrons. The van der Waals surface area contributed by atoms with Gasteiger partial charge in [-0.25, -0.2) is 4.79 Å². The predicted molar refractivity (Wildman–Crippen MR) is 316 cm³/mol. The van der Waals surface area contributed by atoms with E-state index < -0.39 is 181 Å². The molecule has 0 aromatic rings. The van der Waals surface area contributed by atoms with E-state index in [1.165, 1.54) is 6.92 Å². The van der Waals surface area contributed by atoms with Crippen LogP contribution < -0.4 is 70.4 Å². The maximum atomic E-state index is 14.3. The first-order valence-electron chi connectivity index (χ1n) is 29.8. The summed E-state index contributed by atoms with van der Waals surface area (Å²) < 4.78 is 5.38. The fraction of sp³-hybridized carbons (Fsp3) is 0.745. The third-order valence-electron chi connectivity index (χ3n) is 13.8. The molecule has 87 heavy (non-hydrogen) atoms. The first kappa shape index (κ1) is 78.4. The molecule has 12 atom stereocenters. The van der Waals surface area contributed by atoms with Gasteiger partial charge in [-0.1, -0.05) is 84.1 Å². The molecule has 0 aliphatic carbocycles. The van der Waals surface area contributed by atoms with Gasteiger partial charge in [0, 0.05) is 6.54 Å². The lowest BCUT2D eigenvalue weighted by molar-refractivity contribution is -0.154. The molecule has 0 unspecified atom stereocenters. The summed E-state index contributed by atoms with van der Waals surface area (Å²) in [6.45, 7) is 4.54. The van der Waals surface area contributed by atoms with Gasteiger partial charge >= 0.3 is 11.9 Å². The van der Waals surface area contributed by atoms with Crippen molar-refractivity contribution in [3.63, 3.8) is 0 Å². The van der Waals surface area contributed by atoms with Crippen molar-refractivity contribution >= 4 is 82.6 Å². The predicted octanol–water partition coefficient (Wildman–Crippen LogP) is -4.33. The van der Waals surface area contributed by atoms with Crippen molar-refractivity contribution in [3.05, 3.63) is 11.8 Å². The van der Waals surface area contributed by atoms with Crippen molar-refractivity contribution in [2.45, 2.75) is 222 Å². The Bertz CT molecular complexity index is 2270. The van der Waals surface area contributed by atoms with Crippen LogP contribution in [0.3, 0.4) is 0 Å². The molecule has 32 heteroatoms. The molecule has 21 N–H and O–H groups in total. The van der Waals surface area contributed by atoms with Gasteiger partial charge in [-0.05, 0) is 78.4 Å². The monoisotopic (exact) mass is 1260 g/mol. The van der Waals surface area contributed by atoms with E-state index in [4.69, 9.17) is 33.5 Å². The van der Waals surface area contributed by atoms with Crippen LogP contribution in [0.2, 0.25) is 0 Å². The minimum absolute atomic E-state index is 0.0224. The number of amides is 10. The number of allylic oxidation sites excluding steroid dienone is 1. The Hall–Kier alpha value is -6.61. The highest BCUT2D eigenvalue weighted by molar-refractivity contribution is 6.18. The third-order valence-corrected chi connectivity index (χ3v) is 14.1. The van der Waals surface area contributed by atoms with Crippen LogP contribution in [-0.2, 0) is 62.3 Å². The summed E-state index contributed by atoms with van der Waals surface area (Å²) in [4.78, 5) is 165. The van der Waals surface area contributed by atoms with E-state index in [9.17, 15) is 83.1 Å². The van der Waals surface area contributed by atoms with Crippen LogP contribution in [0.5, 0.6) is 0 Å². The minimum atomic E-state index is -2.48. The van der Waals surface area contributed by atoms with Crippen molar-refractivity contribution in [1.82, 2.24) is 53.2 Å². The molecule has 1 saturated heterocycles. The Balaban J connectivity index is 4.09. The first-order chi connectivity index (χ1) is 41.3. The second-order valence-corrected chi connectivity index (χ2v) is 21.5. The maximum absolute atomic E-state index is 14.3. The number of ether oxygens (including phenoxy) is 1. The quantitative estimate of drug-likeness (QED) is 0.0135. The largest absolute Gasteiger partial charge is 0.481 e. The summed E-state index contributed by atoms with van der Waals surface area (Å²) in [5.41, 5.74) is 16.6. The van der Waals surface area contributed by atoms with Gasteiger partial charge in [-0.3, -0.25) is 52.7 Å². The molecule has 0 radical (unpaired) electrons. The lowest BCUT2D eigenvalue weighted by Crippen LogP contribution is -2.63. The number of rotatable bonds is 31. The number of nitrogens with two attached hydrogens (primary N) is 3. The van der Waals surface area contributed by atoms with E-state index in [-0.39, 0.29) is 51.9 Å². The molecule has 0 saturated carbocycles. The van der Waals surface area contributed by atoms with Gasteiger partial charge in [0.1, 0.15) is 54.6 Å². The summed E-state index contributed by atoms with van der Waals surface area (Å²) in [7, 11) is 0. The maximum Gasteiger partial charge on any atom is 0.331 e. The zero-order valence-electron chi connectivity index (χ0n) is 50.3. The van der Waals surface area contributed by atoms with E-state index in [0.29, 0.717) is 25.7 Å². The number of esters is 1. The number of halogens is 1. The van der Waals surface area contributed by atoms with Crippen molar-refractivity contribution in [2.24, 2.45) is 17.2 Å². The number of cyclic esters (lactones) is 1. The normalized spacial score (nSPS) is 23.9. The number of carbonyl (C=O) groups excluding carboxylic acids is 11. The summed E-state index contributed by atoms with van der Waals surface area (Å²) in [5, 5.41) is 76.5. The zero-order valence-corrected chi connectivity index (χ0v) is 51.1. The van der Waals surface area contributed by atoms with Gasteiger partial charge in [0.05, 0.1) is 37.0 Å². The van der Waals surface area contributed by atoms with E-state index >= 15 is 0 Å². The van der Waals surface area contributed by atoms with Crippen LogP contribution >= 0.6 is 11.6 Å². The third kappa shape index (κ3) is 30.2. The Morgan fingerprint density at radius 1 is 0.621 bits per heavy atom. The number of hydrogen-bond acceptors (Lipinski definition) is 20. The second kappa shape index (κ2) is 43.9. The summed E-state index contributed by atoms with van der Waals surface area (Å²) >= 11 is 5.95. The molecule has 10 amide bonds. The van der Waals surface area contributed by atoms with Crippen molar-refractivity contribution < 1.29 is 87.8 Å². The zero-order chi connectivity index (χ0) is 65.6. The van der Waals surface area contributed by atoms with Crippen LogP contribution in [-0.4, -0.2) is 208 Å². The first-order valence-corrected chi connectivity index (χ1v) is 30.3. The summed E-state index contributed by atoms with van der Waals surface area (Å²) in [6.07, 6.45) is 1.28. The molecule has 1 aliphatic heterocycles. The average molecular weight is 1260 g/mol. The fourth-order valence-electron chi connectivity index (χ4n) is 8.73. The lowest BCUT2D eigenvalue weighted by atomic mass is 10.0. The molecule has 0 bridgehead atoms. The Kier molecular flexibility index (Phi) is 39.6. The molecule has 0 aromatic heterocycles. The number of aliphatic carboxylic acids is 1. The number of carbonyl (C=O) groups is 12. The van der Waals surface area contributed by atoms with Crippen molar-refractivity contribution in [2.75, 3.05) is 38.7 Å². The number of hydrogen-bond donors (Lipinski definition) is 18. The molecule has 0 spiro atoms. The number of carboxylic acids is 1. The van der Waals surface area contributed by atoms with Gasteiger partial charge in [0.25, 0.3) is 11.8 Å². The van der Waals surface area contributed by atoms with Crippen LogP contribution in [0.25, 0.3) is 0 Å². The number of carboxylic acid groups (broad SMARTS) is 1. The van der Waals surface area contributed by atoms with Gasteiger partial charge < -0.3 is 101 Å². The summed E-state index contributed by atoms with van der Waals surface area (Å²) in [5.74, 6) is -16.4. The fourth-order valence-corrected chi connectivity index (χ4v) is 8.91. The van der Waals surface area contributed by atoms with E-state index in [1.54, 1.807) is 6.92 Å². The van der Waals surface area contributed by atoms with E-state index in [2.05, 4.69) is 60.1 Å². The second-order valence-electron chi connectivity index (χ2n) is 21.2. The highest BCUT2D eigenvalue weighted by Crippen LogP contribution is 2.14. The Morgan fingerprint density at radius 2 is 1.14 bits per heavy atom. The number of unbranched alkanes of at least 4 members (excludes halogenated alkanes) is 10. The molecule has 1 fully saturated rings. The topological polar surface area (TPSA) is 514 Å². The molecular weight excluding hydrogens is 1170 g/mol. The van der Waals surface area contributed by atoms with Gasteiger partial charge in [-0.15, -0.1) is 11.6 Å². The molecule has 0 aromatic carbocycles. The smallest absolute Gasteiger partial charge is 0.331 e. The number of aliphatic hydroxyl groups excluding tert-OH is 4. The Labute approximate surface area is 512 Å². The van der Waals surface area contributed by atoms with E-state index in [1.807, 2.05) is 0 Å². The average Bonchev–Trinajstić information content (AvgIpc) is 3.36. The number of alkyl halides is 1. The van der Waals surface area contributed by atoms with Gasteiger partial charge in [0.15, 0.2) is 12.1 Å². The highest BCUT2D eigenvalue weighted by Gasteiger charge is 2.41. The Morgan fingerprint density at radius 3 is 1.67 bits per heavy atom. The van der Waals surface area contributed by atoms with Crippen LogP contribution in [0.1, 0.15) is 150 Å². The van der Waals surface area contributed by atoms with Gasteiger partial charge in [-0.2, -0.15) is 0 Å². The molecule has 1 heterocycles. The molecule has 31 nitrogen and oxygen atoms in total. The molecule has 1 rings (SSSR count). The minimum Gasteiger partial charge on any atom is -0.481 e. The SMILES string of the molecule is C/C=C1/NC(=O)[C@H]([C@H](C)O)NC(=O)[C@H](CCN)NC(=O)[C@H](CCCCN)NC(=O)[C@H](CC(=O)O)NC(=O)[C@@H](CCN)NC(=O)[C@@H](NC(=O)C[C@H](O)CCCCCCCCCCC)COC(=O)[C@H]([C@H](O)CCl)NC(=O)[C@H]([C@H](O)C(=O)NCCCC)NC1=O. The molecule has 1 aliphatic rings. The standard InChI is InChI=1S/C55H96ClN13O18/c1-5-8-10-11-12-13-14-15-16-19-32(71)27-40(73)61-38-30-87-55(86)43(39(72)29-56)68-53(84)44(45(76)54(85)60-26-9-6-2)69-46(77)33(7-3)62-52(83)42(31(4)70)67-49(80)36(22-25-59)64-47(78)34(20-17-18-23-57)63-50(81)37(28-41(74)75)66-48(79)35(21-24-58)65-51(38)82/h7,31-32,34-39,42-45,70-72,76H,5-6,8-30,57-59H2,1-4H3,(H,60,85)(H,61,73)(H,62,83)(H,63,81)(H,64,78)(H,65,82)(H,66,79)(H,67,80)(H,68,84)(H,69,77)(H,74,75)/b33-7+/t31-,32+,34-,35+,36-,37-,38-,39+,42-,43-,44-,45-/m0/s1. The van der Waals surface area contributed by atoms with Gasteiger partial charge in [0.2, 0.25) is 47.3 Å². The van der Waals surface area contributed by atoms with Crippen LogP contribution in [0, 0.1) is 0 Å². The van der Waals surface area contributed by atoms with E-state index in [0.717, 1.165) is 64.4 Å². The molecular formula is C55H96ClN13O18.